The molecule has 2 aromatic carbocycles. The Kier molecular flexibility index (Phi) is 13.1. The molecular weight excluding hydrogens is 585 g/mol. The Morgan fingerprint density at radius 2 is 1.46 bits per heavy atom. The number of hydrogen-bond acceptors (Lipinski definition) is 5. The van der Waals surface area contributed by atoms with Gasteiger partial charge in [0.2, 0.25) is 0 Å². The van der Waals surface area contributed by atoms with Crippen molar-refractivity contribution in [2.24, 2.45) is 0 Å². The molecule has 4 N–H and O–H groups in total. The molecule has 8 nitrogen and oxygen atoms in total. The Hall–Kier alpha value is -3.49. The number of aromatic amines is 1. The Morgan fingerprint density at radius 3 is 2.00 bits per heavy atom. The first-order valence-electron chi connectivity index (χ1n) is 10.5. The van der Waals surface area contributed by atoms with Gasteiger partial charge in [-0.2, -0.15) is 26.3 Å². The number of carbonyl (C=O) groups is 2. The number of rotatable bonds is 7. The SMILES string of the molecule is O=C(O)C(F)(F)F.O=C(O)C(F)(F)F.O=c1cc(OCCCNCc2ccc(Cl)c(Cl)c2)[nH]c2ccccc12. The van der Waals surface area contributed by atoms with E-state index in [1.54, 1.807) is 12.1 Å². The molecule has 0 saturated carbocycles. The van der Waals surface area contributed by atoms with Crippen LogP contribution in [0, 0.1) is 0 Å². The monoisotopic (exact) mass is 604 g/mol. The number of aromatic nitrogens is 1. The summed E-state index contributed by atoms with van der Waals surface area (Å²) in [5.74, 6) is -5.02. The van der Waals surface area contributed by atoms with Crippen molar-refractivity contribution >= 4 is 46.0 Å². The zero-order valence-corrected chi connectivity index (χ0v) is 21.0. The van der Waals surface area contributed by atoms with Crippen molar-refractivity contribution in [1.82, 2.24) is 10.3 Å². The van der Waals surface area contributed by atoms with E-state index in [1.165, 1.54) is 6.07 Å². The highest BCUT2D eigenvalue weighted by Crippen LogP contribution is 2.22. The predicted octanol–water partition coefficient (Wildman–Crippen LogP) is 5.66. The van der Waals surface area contributed by atoms with Gasteiger partial charge in [0.1, 0.15) is 0 Å². The summed E-state index contributed by atoms with van der Waals surface area (Å²) < 4.78 is 69.1. The molecule has 16 heteroatoms. The average molecular weight is 605 g/mol. The number of carboxylic acid groups (broad SMARTS) is 2. The number of fused-ring (bicyclic) bond motifs is 1. The number of H-pyrrole nitrogens is 1. The number of benzene rings is 2. The van der Waals surface area contributed by atoms with Crippen LogP contribution in [-0.2, 0) is 16.1 Å². The first-order valence-corrected chi connectivity index (χ1v) is 11.3. The largest absolute Gasteiger partial charge is 0.490 e. The highest BCUT2D eigenvalue weighted by atomic mass is 35.5. The number of pyridine rings is 1. The van der Waals surface area contributed by atoms with Crippen LogP contribution in [0.4, 0.5) is 26.3 Å². The second-order valence-corrected chi connectivity index (χ2v) is 8.09. The summed E-state index contributed by atoms with van der Waals surface area (Å²) in [5, 5.41) is 19.4. The topological polar surface area (TPSA) is 129 Å². The molecule has 0 unspecified atom stereocenters. The van der Waals surface area contributed by atoms with Crippen LogP contribution >= 0.6 is 23.2 Å². The van der Waals surface area contributed by atoms with Crippen molar-refractivity contribution in [3.63, 3.8) is 0 Å². The minimum absolute atomic E-state index is 0.0397. The van der Waals surface area contributed by atoms with Gasteiger partial charge in [0, 0.05) is 18.0 Å². The zero-order chi connectivity index (χ0) is 29.8. The number of nitrogens with one attached hydrogen (secondary N) is 2. The molecular formula is C23H20Cl2F6N2O6. The molecule has 1 aromatic heterocycles. The van der Waals surface area contributed by atoms with Crippen LogP contribution in [0.1, 0.15) is 12.0 Å². The molecule has 214 valence electrons. The summed E-state index contributed by atoms with van der Waals surface area (Å²) in [6, 6.07) is 14.5. The van der Waals surface area contributed by atoms with E-state index < -0.39 is 24.3 Å². The van der Waals surface area contributed by atoms with Gasteiger partial charge >= 0.3 is 24.3 Å². The summed E-state index contributed by atoms with van der Waals surface area (Å²) in [5.41, 5.74) is 1.82. The molecule has 0 amide bonds. The van der Waals surface area contributed by atoms with E-state index in [0.717, 1.165) is 24.0 Å². The summed E-state index contributed by atoms with van der Waals surface area (Å²) in [6.07, 6.45) is -9.35. The summed E-state index contributed by atoms with van der Waals surface area (Å²) in [6.45, 7) is 2.02. The van der Waals surface area contributed by atoms with E-state index in [0.29, 0.717) is 34.5 Å². The van der Waals surface area contributed by atoms with E-state index in [9.17, 15) is 31.1 Å². The molecule has 0 bridgehead atoms. The Bertz CT molecular complexity index is 1290. The third kappa shape index (κ3) is 12.7. The second kappa shape index (κ2) is 15.2. The van der Waals surface area contributed by atoms with E-state index in [-0.39, 0.29) is 5.43 Å². The van der Waals surface area contributed by atoms with Gasteiger partial charge in [-0.15, -0.1) is 0 Å². The van der Waals surface area contributed by atoms with Gasteiger partial charge in [0.25, 0.3) is 0 Å². The lowest BCUT2D eigenvalue weighted by Gasteiger charge is -2.08. The molecule has 0 fully saturated rings. The molecule has 0 saturated heterocycles. The number of ether oxygens (including phenoxy) is 1. The average Bonchev–Trinajstić information content (AvgIpc) is 2.83. The molecule has 0 aliphatic carbocycles. The first kappa shape index (κ1) is 33.5. The maximum atomic E-state index is 12.0. The number of alkyl halides is 6. The molecule has 0 radical (unpaired) electrons. The van der Waals surface area contributed by atoms with Crippen molar-refractivity contribution < 1.29 is 50.9 Å². The van der Waals surface area contributed by atoms with Gasteiger partial charge in [-0.25, -0.2) is 9.59 Å². The van der Waals surface area contributed by atoms with E-state index >= 15 is 0 Å². The standard InChI is InChI=1S/C19H18Cl2N2O2.2C2HF3O2/c20-15-7-6-13(10-16(15)21)12-22-8-3-9-25-19-11-18(24)14-4-1-2-5-17(14)23-19;2*3-2(4,5)1(6)7/h1-2,4-7,10-11,22H,3,8-9,12H2,(H,23,24);2*(H,6,7). The van der Waals surface area contributed by atoms with Crippen LogP contribution < -0.4 is 15.5 Å². The third-order valence-corrected chi connectivity index (χ3v) is 5.01. The minimum Gasteiger partial charge on any atom is -0.479 e. The lowest BCUT2D eigenvalue weighted by atomic mass is 10.2. The lowest BCUT2D eigenvalue weighted by molar-refractivity contribution is -0.193. The minimum atomic E-state index is -5.08. The van der Waals surface area contributed by atoms with E-state index in [1.807, 2.05) is 30.3 Å². The number of halogens is 8. The summed E-state index contributed by atoms with van der Waals surface area (Å²) >= 11 is 11.9. The van der Waals surface area contributed by atoms with Gasteiger partial charge in [-0.1, -0.05) is 41.4 Å². The first-order chi connectivity index (χ1) is 18.0. The number of carboxylic acids is 2. The maximum absolute atomic E-state index is 12.0. The fourth-order valence-corrected chi connectivity index (χ4v) is 2.83. The van der Waals surface area contributed by atoms with Crippen LogP contribution in [0.3, 0.4) is 0 Å². The lowest BCUT2D eigenvalue weighted by Crippen LogP contribution is -2.21. The normalized spacial score (nSPS) is 11.1. The molecule has 1 heterocycles. The highest BCUT2D eigenvalue weighted by molar-refractivity contribution is 6.42. The van der Waals surface area contributed by atoms with Crippen molar-refractivity contribution in [3.05, 3.63) is 74.4 Å². The number of hydrogen-bond donors (Lipinski definition) is 4. The highest BCUT2D eigenvalue weighted by Gasteiger charge is 2.38. The van der Waals surface area contributed by atoms with Gasteiger partial charge in [-0.3, -0.25) is 4.79 Å². The number of para-hydroxylation sites is 1. The van der Waals surface area contributed by atoms with Crippen LogP contribution in [0.25, 0.3) is 10.9 Å². The van der Waals surface area contributed by atoms with Crippen LogP contribution in [-0.4, -0.2) is 52.6 Å². The molecule has 39 heavy (non-hydrogen) atoms. The molecule has 0 aliphatic heterocycles. The Labute approximate surface area is 226 Å². The van der Waals surface area contributed by atoms with Gasteiger partial charge in [0.15, 0.2) is 11.3 Å². The summed E-state index contributed by atoms with van der Waals surface area (Å²) in [7, 11) is 0. The van der Waals surface area contributed by atoms with Crippen LogP contribution in [0.15, 0.2) is 53.3 Å². The maximum Gasteiger partial charge on any atom is 0.490 e. The quantitative estimate of drug-likeness (QED) is 0.202. The zero-order valence-electron chi connectivity index (χ0n) is 19.5. The second-order valence-electron chi connectivity index (χ2n) is 7.28. The van der Waals surface area contributed by atoms with E-state index in [2.05, 4.69) is 10.3 Å². The molecule has 0 aliphatic rings. The van der Waals surface area contributed by atoms with Gasteiger partial charge < -0.3 is 25.3 Å². The fourth-order valence-electron chi connectivity index (χ4n) is 2.51. The van der Waals surface area contributed by atoms with Crippen LogP contribution in [0.5, 0.6) is 5.88 Å². The van der Waals surface area contributed by atoms with Crippen molar-refractivity contribution in [2.45, 2.75) is 25.3 Å². The van der Waals surface area contributed by atoms with E-state index in [4.69, 9.17) is 47.7 Å². The van der Waals surface area contributed by atoms with Crippen molar-refractivity contribution in [1.29, 1.82) is 0 Å². The molecule has 0 spiro atoms. The van der Waals surface area contributed by atoms with Crippen molar-refractivity contribution in [3.8, 4) is 5.88 Å². The smallest absolute Gasteiger partial charge is 0.479 e. The molecule has 3 aromatic rings. The molecule has 3 rings (SSSR count). The number of aliphatic carboxylic acids is 2. The fraction of sp³-hybridized carbons (Fsp3) is 0.261. The Morgan fingerprint density at radius 1 is 0.897 bits per heavy atom. The molecule has 0 atom stereocenters. The third-order valence-electron chi connectivity index (χ3n) is 4.27. The van der Waals surface area contributed by atoms with Crippen LogP contribution in [0.2, 0.25) is 10.0 Å². The van der Waals surface area contributed by atoms with Gasteiger partial charge in [0.05, 0.1) is 22.2 Å². The van der Waals surface area contributed by atoms with Gasteiger partial charge in [-0.05, 0) is 42.8 Å². The predicted molar refractivity (Wildman–Crippen MR) is 130 cm³/mol. The van der Waals surface area contributed by atoms with Crippen molar-refractivity contribution in [2.75, 3.05) is 13.2 Å². The summed E-state index contributed by atoms with van der Waals surface area (Å²) in [4.78, 5) is 32.9. The Balaban J connectivity index is 0.000000449.